The number of carbonyl (C=O) groups excluding carboxylic acids is 1. The Morgan fingerprint density at radius 1 is 1.33 bits per heavy atom. The van der Waals surface area contributed by atoms with E-state index < -0.39 is 11.9 Å². The molecule has 1 unspecified atom stereocenters. The maximum Gasteiger partial charge on any atom is 0.265 e. The normalized spacial score (nSPS) is 11.8. The summed E-state index contributed by atoms with van der Waals surface area (Å²) in [5.41, 5.74) is 0.380. The lowest BCUT2D eigenvalue weighted by Crippen LogP contribution is -2.30. The molecule has 0 fully saturated rings. The summed E-state index contributed by atoms with van der Waals surface area (Å²) in [5.74, 6) is -0.287. The highest BCUT2D eigenvalue weighted by molar-refractivity contribution is 9.10. The van der Waals surface area contributed by atoms with Gasteiger partial charge in [-0.25, -0.2) is 4.39 Å². The van der Waals surface area contributed by atoms with Gasteiger partial charge in [0.05, 0.1) is 4.47 Å². The van der Waals surface area contributed by atoms with E-state index in [0.29, 0.717) is 20.9 Å². The zero-order chi connectivity index (χ0) is 15.4. The molecule has 2 rings (SSSR count). The van der Waals surface area contributed by atoms with Gasteiger partial charge in [0.15, 0.2) is 6.10 Å². The molecule has 0 aromatic heterocycles. The fraction of sp³-hybridized carbons (Fsp3) is 0.133. The van der Waals surface area contributed by atoms with E-state index >= 15 is 0 Å². The maximum atomic E-state index is 13.1. The Morgan fingerprint density at radius 2 is 2.10 bits per heavy atom. The fourth-order valence-corrected chi connectivity index (χ4v) is 2.40. The molecule has 3 nitrogen and oxygen atoms in total. The Bertz CT molecular complexity index is 666. The molecule has 0 heterocycles. The number of hydrogen-bond donors (Lipinski definition) is 1. The molecule has 110 valence electrons. The lowest BCUT2D eigenvalue weighted by atomic mass is 10.3. The van der Waals surface area contributed by atoms with Gasteiger partial charge >= 0.3 is 0 Å². The molecule has 0 spiro atoms. The minimum absolute atomic E-state index is 0.373. The van der Waals surface area contributed by atoms with Crippen molar-refractivity contribution in [3.8, 4) is 5.75 Å². The van der Waals surface area contributed by atoms with Gasteiger partial charge in [-0.15, -0.1) is 0 Å². The Hall–Kier alpha value is -1.59. The van der Waals surface area contributed by atoms with E-state index in [-0.39, 0.29) is 5.91 Å². The maximum absolute atomic E-state index is 13.1. The molecule has 0 aliphatic heterocycles. The lowest BCUT2D eigenvalue weighted by molar-refractivity contribution is -0.122. The highest BCUT2D eigenvalue weighted by Crippen LogP contribution is 2.28. The van der Waals surface area contributed by atoms with Crippen molar-refractivity contribution in [2.75, 3.05) is 5.32 Å². The summed E-state index contributed by atoms with van der Waals surface area (Å²) < 4.78 is 19.3. The molecule has 0 saturated heterocycles. The summed E-state index contributed by atoms with van der Waals surface area (Å²) in [6.07, 6.45) is -0.745. The predicted octanol–water partition coefficient (Wildman–Crippen LogP) is 4.65. The first kappa shape index (κ1) is 15.8. The molecule has 0 aliphatic rings. The van der Waals surface area contributed by atoms with Gasteiger partial charge in [-0.2, -0.15) is 0 Å². The third-order valence-corrected chi connectivity index (χ3v) is 3.51. The van der Waals surface area contributed by atoms with Gasteiger partial charge in [-0.05, 0) is 59.3 Å². The molecule has 0 bridgehead atoms. The van der Waals surface area contributed by atoms with E-state index in [2.05, 4.69) is 21.2 Å². The number of benzene rings is 2. The van der Waals surface area contributed by atoms with Gasteiger partial charge in [-0.3, -0.25) is 4.79 Å². The molecule has 0 radical (unpaired) electrons. The van der Waals surface area contributed by atoms with E-state index in [4.69, 9.17) is 16.3 Å². The van der Waals surface area contributed by atoms with Crippen LogP contribution in [0, 0.1) is 5.82 Å². The van der Waals surface area contributed by atoms with Crippen LogP contribution >= 0.6 is 27.5 Å². The summed E-state index contributed by atoms with van der Waals surface area (Å²) in [7, 11) is 0. The first-order chi connectivity index (χ1) is 9.95. The van der Waals surface area contributed by atoms with E-state index in [1.807, 2.05) is 0 Å². The van der Waals surface area contributed by atoms with Crippen molar-refractivity contribution in [3.05, 3.63) is 57.8 Å². The number of rotatable bonds is 4. The Balaban J connectivity index is 2.02. The predicted molar refractivity (Wildman–Crippen MR) is 84.3 cm³/mol. The fourth-order valence-electron chi connectivity index (χ4n) is 1.62. The smallest absolute Gasteiger partial charge is 0.265 e. The minimum Gasteiger partial charge on any atom is -0.480 e. The van der Waals surface area contributed by atoms with Crippen LogP contribution in [0.2, 0.25) is 5.02 Å². The molecular weight excluding hydrogens is 361 g/mol. The van der Waals surface area contributed by atoms with Gasteiger partial charge in [0.25, 0.3) is 5.91 Å². The monoisotopic (exact) mass is 371 g/mol. The second kappa shape index (κ2) is 6.91. The molecule has 1 atom stereocenters. The lowest BCUT2D eigenvalue weighted by Gasteiger charge is -2.16. The van der Waals surface area contributed by atoms with Crippen molar-refractivity contribution in [2.24, 2.45) is 0 Å². The zero-order valence-electron chi connectivity index (χ0n) is 11.1. The van der Waals surface area contributed by atoms with Crippen molar-refractivity contribution in [1.29, 1.82) is 0 Å². The summed E-state index contributed by atoms with van der Waals surface area (Å²) in [5, 5.41) is 3.15. The van der Waals surface area contributed by atoms with Gasteiger partial charge in [-0.1, -0.05) is 17.7 Å². The Labute approximate surface area is 135 Å². The number of amides is 1. The molecule has 2 aromatic rings. The molecular formula is C15H12BrClFNO2. The minimum atomic E-state index is -0.745. The Morgan fingerprint density at radius 3 is 2.76 bits per heavy atom. The number of halogens is 3. The average molecular weight is 373 g/mol. The van der Waals surface area contributed by atoms with Gasteiger partial charge in [0.1, 0.15) is 11.6 Å². The van der Waals surface area contributed by atoms with Crippen molar-refractivity contribution < 1.29 is 13.9 Å². The van der Waals surface area contributed by atoms with Crippen LogP contribution in [0.3, 0.4) is 0 Å². The first-order valence-corrected chi connectivity index (χ1v) is 7.31. The number of anilines is 1. The van der Waals surface area contributed by atoms with Crippen LogP contribution in [-0.2, 0) is 4.79 Å². The molecule has 0 aliphatic carbocycles. The zero-order valence-corrected chi connectivity index (χ0v) is 13.4. The standard InChI is InChI=1S/C15H12BrClFNO2/c1-9(21-14-6-5-10(17)7-13(14)16)15(20)19-12-4-2-3-11(18)8-12/h2-9H,1H3,(H,19,20). The van der Waals surface area contributed by atoms with Crippen LogP contribution in [0.15, 0.2) is 46.9 Å². The van der Waals surface area contributed by atoms with Crippen LogP contribution < -0.4 is 10.1 Å². The largest absolute Gasteiger partial charge is 0.480 e. The molecule has 21 heavy (non-hydrogen) atoms. The molecule has 2 aromatic carbocycles. The summed E-state index contributed by atoms with van der Waals surface area (Å²) in [6, 6.07) is 10.7. The molecule has 6 heteroatoms. The van der Waals surface area contributed by atoms with Crippen LogP contribution in [0.1, 0.15) is 6.92 Å². The van der Waals surface area contributed by atoms with Gasteiger partial charge in [0, 0.05) is 10.7 Å². The number of nitrogens with one attached hydrogen (secondary N) is 1. The summed E-state index contributed by atoms with van der Waals surface area (Å²) >= 11 is 9.15. The summed E-state index contributed by atoms with van der Waals surface area (Å²) in [6.45, 7) is 1.61. The molecule has 0 saturated carbocycles. The second-order valence-corrected chi connectivity index (χ2v) is 5.63. The quantitative estimate of drug-likeness (QED) is 0.848. The second-order valence-electron chi connectivity index (χ2n) is 4.33. The molecule has 1 amide bonds. The third-order valence-electron chi connectivity index (χ3n) is 2.66. The molecule has 1 N–H and O–H groups in total. The van der Waals surface area contributed by atoms with Crippen LogP contribution in [0.5, 0.6) is 5.75 Å². The highest BCUT2D eigenvalue weighted by Gasteiger charge is 2.16. The van der Waals surface area contributed by atoms with E-state index in [9.17, 15) is 9.18 Å². The van der Waals surface area contributed by atoms with Crippen molar-refractivity contribution in [1.82, 2.24) is 0 Å². The third kappa shape index (κ3) is 4.44. The van der Waals surface area contributed by atoms with Gasteiger partial charge in [0.2, 0.25) is 0 Å². The Kier molecular flexibility index (Phi) is 5.20. The van der Waals surface area contributed by atoms with E-state index in [1.54, 1.807) is 31.2 Å². The first-order valence-electron chi connectivity index (χ1n) is 6.14. The van der Waals surface area contributed by atoms with Crippen molar-refractivity contribution in [3.63, 3.8) is 0 Å². The van der Waals surface area contributed by atoms with Crippen LogP contribution in [0.4, 0.5) is 10.1 Å². The van der Waals surface area contributed by atoms with Gasteiger partial charge < -0.3 is 10.1 Å². The topological polar surface area (TPSA) is 38.3 Å². The SMILES string of the molecule is CC(Oc1ccc(Cl)cc1Br)C(=O)Nc1cccc(F)c1. The van der Waals surface area contributed by atoms with Crippen LogP contribution in [-0.4, -0.2) is 12.0 Å². The van der Waals surface area contributed by atoms with Crippen LogP contribution in [0.25, 0.3) is 0 Å². The number of hydrogen-bond acceptors (Lipinski definition) is 2. The van der Waals surface area contributed by atoms with Crippen molar-refractivity contribution in [2.45, 2.75) is 13.0 Å². The van der Waals surface area contributed by atoms with Crippen molar-refractivity contribution >= 4 is 39.1 Å². The van der Waals surface area contributed by atoms with E-state index in [0.717, 1.165) is 0 Å². The van der Waals surface area contributed by atoms with E-state index in [1.165, 1.54) is 18.2 Å². The highest BCUT2D eigenvalue weighted by atomic mass is 79.9. The summed E-state index contributed by atoms with van der Waals surface area (Å²) in [4.78, 5) is 12.0. The number of carbonyl (C=O) groups is 1. The number of ether oxygens (including phenoxy) is 1. The average Bonchev–Trinajstić information content (AvgIpc) is 2.41.